The van der Waals surface area contributed by atoms with Crippen LogP contribution in [0.2, 0.25) is 0 Å². The molecule has 7 heteroatoms. The van der Waals surface area contributed by atoms with Crippen molar-refractivity contribution in [3.63, 3.8) is 0 Å². The van der Waals surface area contributed by atoms with Gasteiger partial charge in [-0.25, -0.2) is 8.42 Å². The number of nitrogens with one attached hydrogen (secondary N) is 1. The molecule has 1 saturated heterocycles. The maximum Gasteiger partial charge on any atom is 0.232 e. The molecule has 2 heterocycles. The fourth-order valence-electron chi connectivity index (χ4n) is 3.23. The highest BCUT2D eigenvalue weighted by Crippen LogP contribution is 2.15. The zero-order valence-corrected chi connectivity index (χ0v) is 16.7. The van der Waals surface area contributed by atoms with Gasteiger partial charge >= 0.3 is 0 Å². The Morgan fingerprint density at radius 2 is 1.67 bits per heavy atom. The van der Waals surface area contributed by atoms with Crippen LogP contribution in [0.25, 0.3) is 0 Å². The van der Waals surface area contributed by atoms with Gasteiger partial charge in [0.25, 0.3) is 0 Å². The van der Waals surface area contributed by atoms with Crippen molar-refractivity contribution in [1.29, 1.82) is 0 Å². The number of rotatable bonds is 9. The largest absolute Gasteiger partial charge is 0.468 e. The molecule has 1 aliphatic heterocycles. The first kappa shape index (κ1) is 19.9. The summed E-state index contributed by atoms with van der Waals surface area (Å²) in [6.07, 6.45) is 3.27. The lowest BCUT2D eigenvalue weighted by atomic mass is 10.2. The molecule has 0 bridgehead atoms. The number of hydrogen-bond donors (Lipinski definition) is 1. The maximum atomic E-state index is 12.0. The summed E-state index contributed by atoms with van der Waals surface area (Å²) < 4.78 is 32.0. The van der Waals surface area contributed by atoms with Crippen molar-refractivity contribution in [2.24, 2.45) is 0 Å². The summed E-state index contributed by atoms with van der Waals surface area (Å²) in [4.78, 5) is 4.84. The Bertz CT molecular complexity index is 780. The number of nitrogens with zero attached hydrogens (tertiary/aromatic N) is 2. The van der Waals surface area contributed by atoms with Crippen LogP contribution >= 0.6 is 0 Å². The van der Waals surface area contributed by atoms with Gasteiger partial charge in [0.2, 0.25) is 10.0 Å². The van der Waals surface area contributed by atoms with Crippen LogP contribution in [0.4, 0.5) is 5.69 Å². The summed E-state index contributed by atoms with van der Waals surface area (Å²) >= 11 is 0. The second-order valence-corrected chi connectivity index (χ2v) is 8.94. The summed E-state index contributed by atoms with van der Waals surface area (Å²) in [5.74, 6) is 1.19. The van der Waals surface area contributed by atoms with E-state index in [1.165, 1.54) is 5.56 Å². The van der Waals surface area contributed by atoms with Crippen LogP contribution in [0.1, 0.15) is 31.1 Å². The Labute approximate surface area is 162 Å². The maximum absolute atomic E-state index is 12.0. The monoisotopic (exact) mass is 391 g/mol. The lowest BCUT2D eigenvalue weighted by molar-refractivity contribution is 0.116. The van der Waals surface area contributed by atoms with Crippen molar-refractivity contribution in [2.75, 3.05) is 36.7 Å². The number of piperazine rings is 1. The topological polar surface area (TPSA) is 65.8 Å². The molecule has 0 radical (unpaired) electrons. The molecule has 1 fully saturated rings. The average Bonchev–Trinajstić information content (AvgIpc) is 3.16. The van der Waals surface area contributed by atoms with Gasteiger partial charge < -0.3 is 4.42 Å². The quantitative estimate of drug-likeness (QED) is 0.711. The first-order valence-electron chi connectivity index (χ1n) is 9.60. The molecule has 148 valence electrons. The van der Waals surface area contributed by atoms with Gasteiger partial charge in [-0.15, -0.1) is 0 Å². The molecule has 1 aromatic heterocycles. The number of furan rings is 1. The predicted octanol–water partition coefficient (Wildman–Crippen LogP) is 3.14. The van der Waals surface area contributed by atoms with E-state index in [9.17, 15) is 8.42 Å². The number of anilines is 1. The lowest BCUT2D eigenvalue weighted by Crippen LogP contribution is -2.45. The second-order valence-electron chi connectivity index (χ2n) is 7.10. The molecule has 3 rings (SSSR count). The average molecular weight is 392 g/mol. The third-order valence-electron chi connectivity index (χ3n) is 4.82. The molecule has 0 saturated carbocycles. The van der Waals surface area contributed by atoms with Crippen LogP contribution in [0.5, 0.6) is 0 Å². The fraction of sp³-hybridized carbons (Fsp3) is 0.500. The second kappa shape index (κ2) is 9.39. The standard InChI is InChI=1S/C20H29N3O3S/c1-2-3-15-27(24,25)21-19-8-6-18(7-9-19)16-22-10-12-23(13-11-22)17-20-5-4-14-26-20/h4-9,14,21H,2-3,10-13,15-17H2,1H3. The van der Waals surface area contributed by atoms with Crippen LogP contribution in [0.3, 0.4) is 0 Å². The molecular weight excluding hydrogens is 362 g/mol. The normalized spacial score (nSPS) is 16.5. The molecule has 0 atom stereocenters. The Morgan fingerprint density at radius 3 is 2.26 bits per heavy atom. The molecule has 1 N–H and O–H groups in total. The first-order valence-corrected chi connectivity index (χ1v) is 11.3. The van der Waals surface area contributed by atoms with E-state index >= 15 is 0 Å². The van der Waals surface area contributed by atoms with E-state index in [0.29, 0.717) is 12.1 Å². The van der Waals surface area contributed by atoms with Gasteiger partial charge in [0.1, 0.15) is 5.76 Å². The highest BCUT2D eigenvalue weighted by Gasteiger charge is 2.18. The molecule has 0 unspecified atom stereocenters. The molecule has 0 spiro atoms. The van der Waals surface area contributed by atoms with Gasteiger partial charge in [-0.1, -0.05) is 25.5 Å². The first-order chi connectivity index (χ1) is 13.0. The van der Waals surface area contributed by atoms with Crippen LogP contribution in [-0.4, -0.2) is 50.1 Å². The Kier molecular flexibility index (Phi) is 6.93. The van der Waals surface area contributed by atoms with E-state index in [-0.39, 0.29) is 5.75 Å². The molecular formula is C20H29N3O3S. The Balaban J connectivity index is 1.45. The molecule has 1 aromatic carbocycles. The molecule has 1 aliphatic rings. The lowest BCUT2D eigenvalue weighted by Gasteiger charge is -2.34. The van der Waals surface area contributed by atoms with Gasteiger partial charge in [0, 0.05) is 38.4 Å². The number of sulfonamides is 1. The van der Waals surface area contributed by atoms with Gasteiger partial charge in [0.05, 0.1) is 18.6 Å². The van der Waals surface area contributed by atoms with E-state index in [0.717, 1.165) is 51.4 Å². The smallest absolute Gasteiger partial charge is 0.232 e. The number of hydrogen-bond acceptors (Lipinski definition) is 5. The van der Waals surface area contributed by atoms with E-state index in [1.807, 2.05) is 43.3 Å². The van der Waals surface area contributed by atoms with Crippen molar-refractivity contribution in [3.8, 4) is 0 Å². The van der Waals surface area contributed by atoms with Gasteiger partial charge in [-0.3, -0.25) is 14.5 Å². The van der Waals surface area contributed by atoms with Crippen LogP contribution in [0.15, 0.2) is 47.1 Å². The van der Waals surface area contributed by atoms with Crippen LogP contribution in [-0.2, 0) is 23.1 Å². The van der Waals surface area contributed by atoms with Crippen LogP contribution in [0, 0.1) is 0 Å². The fourth-order valence-corrected chi connectivity index (χ4v) is 4.50. The summed E-state index contributed by atoms with van der Waals surface area (Å²) in [6, 6.07) is 11.7. The Hall–Kier alpha value is -1.83. The predicted molar refractivity (Wildman–Crippen MR) is 108 cm³/mol. The molecule has 0 amide bonds. The Morgan fingerprint density at radius 1 is 1.00 bits per heavy atom. The van der Waals surface area contributed by atoms with E-state index < -0.39 is 10.0 Å². The van der Waals surface area contributed by atoms with Crippen LogP contribution < -0.4 is 4.72 Å². The number of unbranched alkanes of at least 4 members (excludes halogenated alkanes) is 1. The van der Waals surface area contributed by atoms with E-state index in [1.54, 1.807) is 6.26 Å². The zero-order valence-electron chi connectivity index (χ0n) is 15.9. The molecule has 2 aromatic rings. The minimum Gasteiger partial charge on any atom is -0.468 e. The summed E-state index contributed by atoms with van der Waals surface area (Å²) in [5.41, 5.74) is 1.84. The minimum atomic E-state index is -3.24. The third-order valence-corrected chi connectivity index (χ3v) is 6.20. The van der Waals surface area contributed by atoms with Gasteiger partial charge in [-0.05, 0) is 36.2 Å². The molecule has 6 nitrogen and oxygen atoms in total. The van der Waals surface area contributed by atoms with Gasteiger partial charge in [-0.2, -0.15) is 0 Å². The van der Waals surface area contributed by atoms with Crippen molar-refractivity contribution >= 4 is 15.7 Å². The summed E-state index contributed by atoms with van der Waals surface area (Å²) in [7, 11) is -3.24. The number of benzene rings is 1. The minimum absolute atomic E-state index is 0.174. The van der Waals surface area contributed by atoms with Crippen molar-refractivity contribution in [2.45, 2.75) is 32.9 Å². The summed E-state index contributed by atoms with van der Waals surface area (Å²) in [5, 5.41) is 0. The molecule has 0 aliphatic carbocycles. The summed E-state index contributed by atoms with van der Waals surface area (Å²) in [6.45, 7) is 7.83. The SMILES string of the molecule is CCCCS(=O)(=O)Nc1ccc(CN2CCN(Cc3ccco3)CC2)cc1. The van der Waals surface area contributed by atoms with E-state index in [4.69, 9.17) is 4.42 Å². The zero-order chi connectivity index (χ0) is 19.1. The van der Waals surface area contributed by atoms with Crippen molar-refractivity contribution in [1.82, 2.24) is 9.80 Å². The highest BCUT2D eigenvalue weighted by molar-refractivity contribution is 7.92. The highest BCUT2D eigenvalue weighted by atomic mass is 32.2. The third kappa shape index (κ3) is 6.37. The molecule has 27 heavy (non-hydrogen) atoms. The van der Waals surface area contributed by atoms with Crippen molar-refractivity contribution < 1.29 is 12.8 Å². The van der Waals surface area contributed by atoms with E-state index in [2.05, 4.69) is 14.5 Å². The van der Waals surface area contributed by atoms with Crippen molar-refractivity contribution in [3.05, 3.63) is 54.0 Å². The van der Waals surface area contributed by atoms with Gasteiger partial charge in [0.15, 0.2) is 0 Å².